The van der Waals surface area contributed by atoms with Crippen molar-refractivity contribution in [1.29, 1.82) is 0 Å². The molecule has 6 heteroatoms. The van der Waals surface area contributed by atoms with Crippen LogP contribution in [0.25, 0.3) is 0 Å². The lowest BCUT2D eigenvalue weighted by Crippen LogP contribution is -2.15. The molecule has 5 nitrogen and oxygen atoms in total. The lowest BCUT2D eigenvalue weighted by molar-refractivity contribution is 0.493. The first-order chi connectivity index (χ1) is 9.93. The molecule has 2 N–H and O–H groups in total. The first-order valence-electron chi connectivity index (χ1n) is 8.00. The Bertz CT molecular complexity index is 632. The first kappa shape index (κ1) is 14.9. The molecule has 0 spiro atoms. The zero-order chi connectivity index (χ0) is 15.2. The SMILES string of the molecule is CCCc1c(C(C)C2CC2)nn(C2CCS(=O)(=O)C2)c1N. The topological polar surface area (TPSA) is 78.0 Å². The van der Waals surface area contributed by atoms with E-state index in [1.165, 1.54) is 12.8 Å². The standard InChI is InChI=1S/C15H25N3O2S/c1-3-4-13-14(10(2)11-5-6-11)17-18(15(13)16)12-7-8-21(19,20)9-12/h10-12H,3-9,16H2,1-2H3. The highest BCUT2D eigenvalue weighted by Crippen LogP contribution is 2.44. The number of nitrogens with zero attached hydrogens (tertiary/aromatic N) is 2. The molecule has 21 heavy (non-hydrogen) atoms. The van der Waals surface area contributed by atoms with Gasteiger partial charge in [0.15, 0.2) is 9.84 Å². The van der Waals surface area contributed by atoms with Crippen LogP contribution in [-0.2, 0) is 16.3 Å². The number of sulfone groups is 1. The van der Waals surface area contributed by atoms with Crippen molar-refractivity contribution in [2.75, 3.05) is 17.2 Å². The van der Waals surface area contributed by atoms with E-state index < -0.39 is 9.84 Å². The Morgan fingerprint density at radius 2 is 2.10 bits per heavy atom. The van der Waals surface area contributed by atoms with Gasteiger partial charge in [0.25, 0.3) is 0 Å². The summed E-state index contributed by atoms with van der Waals surface area (Å²) in [5.74, 6) is 2.31. The summed E-state index contributed by atoms with van der Waals surface area (Å²) in [4.78, 5) is 0. The molecule has 1 saturated carbocycles. The van der Waals surface area contributed by atoms with Gasteiger partial charge < -0.3 is 5.73 Å². The smallest absolute Gasteiger partial charge is 0.152 e. The van der Waals surface area contributed by atoms with Gasteiger partial charge in [0.05, 0.1) is 23.2 Å². The number of hydrogen-bond donors (Lipinski definition) is 1. The monoisotopic (exact) mass is 311 g/mol. The Morgan fingerprint density at radius 1 is 1.38 bits per heavy atom. The molecule has 0 amide bonds. The molecule has 118 valence electrons. The second kappa shape index (κ2) is 5.30. The van der Waals surface area contributed by atoms with E-state index in [0.717, 1.165) is 30.0 Å². The van der Waals surface area contributed by atoms with Crippen LogP contribution in [0.5, 0.6) is 0 Å². The van der Waals surface area contributed by atoms with Gasteiger partial charge in [0.2, 0.25) is 0 Å². The minimum absolute atomic E-state index is 0.0780. The van der Waals surface area contributed by atoms with Crippen LogP contribution in [0.15, 0.2) is 0 Å². The highest BCUT2D eigenvalue weighted by atomic mass is 32.2. The van der Waals surface area contributed by atoms with Crippen molar-refractivity contribution in [2.45, 2.75) is 57.9 Å². The number of anilines is 1. The molecule has 1 aliphatic heterocycles. The summed E-state index contributed by atoms with van der Waals surface area (Å²) in [6.45, 7) is 4.37. The molecule has 0 aromatic carbocycles. The lowest BCUT2D eigenvalue weighted by Gasteiger charge is -2.10. The number of nitrogens with two attached hydrogens (primary N) is 1. The number of hydrogen-bond acceptors (Lipinski definition) is 4. The summed E-state index contributed by atoms with van der Waals surface area (Å²) < 4.78 is 25.2. The fourth-order valence-corrected chi connectivity index (χ4v) is 5.13. The van der Waals surface area contributed by atoms with Gasteiger partial charge in [-0.3, -0.25) is 0 Å². The van der Waals surface area contributed by atoms with E-state index in [1.54, 1.807) is 0 Å². The van der Waals surface area contributed by atoms with E-state index in [2.05, 4.69) is 13.8 Å². The van der Waals surface area contributed by atoms with Crippen molar-refractivity contribution in [3.8, 4) is 0 Å². The molecule has 2 aliphatic rings. The Kier molecular flexibility index (Phi) is 3.76. The van der Waals surface area contributed by atoms with Gasteiger partial charge >= 0.3 is 0 Å². The van der Waals surface area contributed by atoms with Crippen molar-refractivity contribution < 1.29 is 8.42 Å². The summed E-state index contributed by atoms with van der Waals surface area (Å²) in [6.07, 6.45) is 5.15. The highest BCUT2D eigenvalue weighted by Gasteiger charge is 2.36. The maximum atomic E-state index is 11.7. The predicted molar refractivity (Wildman–Crippen MR) is 84.1 cm³/mol. The summed E-state index contributed by atoms with van der Waals surface area (Å²) in [5.41, 5.74) is 8.59. The second-order valence-corrected chi connectivity index (χ2v) is 8.86. The fraction of sp³-hybridized carbons (Fsp3) is 0.800. The molecule has 2 fully saturated rings. The van der Waals surface area contributed by atoms with E-state index in [-0.39, 0.29) is 17.5 Å². The van der Waals surface area contributed by atoms with Gasteiger partial charge in [0, 0.05) is 11.5 Å². The van der Waals surface area contributed by atoms with Crippen molar-refractivity contribution >= 4 is 15.7 Å². The maximum Gasteiger partial charge on any atom is 0.152 e. The van der Waals surface area contributed by atoms with E-state index >= 15 is 0 Å². The molecule has 0 radical (unpaired) electrons. The summed E-state index contributed by atoms with van der Waals surface area (Å²) in [5, 5.41) is 4.76. The maximum absolute atomic E-state index is 11.7. The molecule has 1 aliphatic carbocycles. The summed E-state index contributed by atoms with van der Waals surface area (Å²) >= 11 is 0. The van der Waals surface area contributed by atoms with Gasteiger partial charge in [0.1, 0.15) is 5.82 Å². The molecule has 3 rings (SSSR count). The predicted octanol–water partition coefficient (Wildman–Crippen LogP) is 2.29. The van der Waals surface area contributed by atoms with Crippen molar-refractivity contribution in [2.24, 2.45) is 5.92 Å². The minimum atomic E-state index is -2.92. The molecule has 2 heterocycles. The fourth-order valence-electron chi connectivity index (χ4n) is 3.44. The van der Waals surface area contributed by atoms with Crippen LogP contribution < -0.4 is 5.73 Å². The Labute approximate surface area is 126 Å². The molecule has 1 saturated heterocycles. The zero-order valence-corrected chi connectivity index (χ0v) is 13.7. The first-order valence-corrected chi connectivity index (χ1v) is 9.82. The normalized spacial score (nSPS) is 26.1. The van der Waals surface area contributed by atoms with Crippen molar-refractivity contribution in [3.63, 3.8) is 0 Å². The highest BCUT2D eigenvalue weighted by molar-refractivity contribution is 7.91. The van der Waals surface area contributed by atoms with Crippen LogP contribution in [0, 0.1) is 5.92 Å². The lowest BCUT2D eigenvalue weighted by atomic mass is 9.96. The zero-order valence-electron chi connectivity index (χ0n) is 12.9. The third kappa shape index (κ3) is 2.82. The number of nitrogen functional groups attached to an aromatic ring is 1. The van der Waals surface area contributed by atoms with Crippen molar-refractivity contribution in [3.05, 3.63) is 11.3 Å². The molecule has 2 atom stereocenters. The van der Waals surface area contributed by atoms with Crippen molar-refractivity contribution in [1.82, 2.24) is 9.78 Å². The molecule has 0 bridgehead atoms. The molecule has 1 aromatic heterocycles. The largest absolute Gasteiger partial charge is 0.384 e. The van der Waals surface area contributed by atoms with Gasteiger partial charge in [-0.1, -0.05) is 20.3 Å². The number of aromatic nitrogens is 2. The Hall–Kier alpha value is -1.04. The van der Waals surface area contributed by atoms with Gasteiger partial charge in [-0.05, 0) is 31.6 Å². The van der Waals surface area contributed by atoms with E-state index in [0.29, 0.717) is 18.2 Å². The quantitative estimate of drug-likeness (QED) is 0.905. The molecular formula is C15H25N3O2S. The van der Waals surface area contributed by atoms with Crippen LogP contribution in [-0.4, -0.2) is 29.7 Å². The van der Waals surface area contributed by atoms with E-state index in [1.807, 2.05) is 4.68 Å². The minimum Gasteiger partial charge on any atom is -0.384 e. The van der Waals surface area contributed by atoms with Crippen LogP contribution >= 0.6 is 0 Å². The molecule has 2 unspecified atom stereocenters. The van der Waals surface area contributed by atoms with E-state index in [4.69, 9.17) is 10.8 Å². The third-order valence-corrected chi connectivity index (χ3v) is 6.65. The van der Waals surface area contributed by atoms with Crippen LogP contribution in [0.2, 0.25) is 0 Å². The molecular weight excluding hydrogens is 286 g/mol. The average Bonchev–Trinajstić information content (AvgIpc) is 3.15. The average molecular weight is 311 g/mol. The van der Waals surface area contributed by atoms with Gasteiger partial charge in [-0.2, -0.15) is 5.10 Å². The van der Waals surface area contributed by atoms with Crippen LogP contribution in [0.1, 0.15) is 62.7 Å². The summed E-state index contributed by atoms with van der Waals surface area (Å²) in [6, 6.07) is -0.0780. The van der Waals surface area contributed by atoms with E-state index in [9.17, 15) is 8.42 Å². The third-order valence-electron chi connectivity index (χ3n) is 4.90. The Balaban J connectivity index is 1.95. The van der Waals surface area contributed by atoms with Gasteiger partial charge in [-0.15, -0.1) is 0 Å². The summed E-state index contributed by atoms with van der Waals surface area (Å²) in [7, 11) is -2.92. The molecule has 1 aromatic rings. The van der Waals surface area contributed by atoms with Crippen LogP contribution in [0.4, 0.5) is 5.82 Å². The Morgan fingerprint density at radius 3 is 2.62 bits per heavy atom. The second-order valence-electron chi connectivity index (χ2n) is 6.63. The van der Waals surface area contributed by atoms with Gasteiger partial charge in [-0.25, -0.2) is 13.1 Å². The number of rotatable bonds is 5. The van der Waals surface area contributed by atoms with Crippen LogP contribution in [0.3, 0.4) is 0 Å².